The quantitative estimate of drug-likeness (QED) is 0.555. The molecule has 158 valence electrons. The molecule has 1 atom stereocenters. The fourth-order valence-electron chi connectivity index (χ4n) is 3.91. The molecule has 1 amide bonds. The molecule has 1 aliphatic carbocycles. The first kappa shape index (κ1) is 20.4. The van der Waals surface area contributed by atoms with Gasteiger partial charge in [0.15, 0.2) is 0 Å². The minimum Gasteiger partial charge on any atom is -0.493 e. The Kier molecular flexibility index (Phi) is 5.27. The number of rotatable bonds is 2. The molecule has 2 N–H and O–H groups in total. The Bertz CT molecular complexity index is 1030. The predicted molar refractivity (Wildman–Crippen MR) is 103 cm³/mol. The van der Waals surface area contributed by atoms with Crippen LogP contribution in [-0.4, -0.2) is 23.7 Å². The summed E-state index contributed by atoms with van der Waals surface area (Å²) in [7, 11) is 0. The zero-order chi connectivity index (χ0) is 21.5. The van der Waals surface area contributed by atoms with Gasteiger partial charge in [-0.05, 0) is 47.7 Å². The molecule has 1 aliphatic heterocycles. The van der Waals surface area contributed by atoms with E-state index in [-0.39, 0.29) is 24.3 Å². The number of amides is 1. The Morgan fingerprint density at radius 1 is 1.23 bits per heavy atom. The third-order valence-corrected chi connectivity index (χ3v) is 5.37. The molecule has 0 spiro atoms. The van der Waals surface area contributed by atoms with Crippen LogP contribution in [0.25, 0.3) is 5.57 Å². The summed E-state index contributed by atoms with van der Waals surface area (Å²) in [5.74, 6) is -2.00. The summed E-state index contributed by atoms with van der Waals surface area (Å²) >= 11 is 0. The van der Waals surface area contributed by atoms with E-state index < -0.39 is 29.6 Å². The van der Waals surface area contributed by atoms with Crippen molar-refractivity contribution in [2.24, 2.45) is 0 Å². The van der Waals surface area contributed by atoms with Crippen molar-refractivity contribution in [3.63, 3.8) is 0 Å². The number of aliphatic hydroxyl groups is 1. The summed E-state index contributed by atoms with van der Waals surface area (Å²) in [4.78, 5) is 12.6. The molecule has 2 aliphatic rings. The van der Waals surface area contributed by atoms with E-state index in [0.29, 0.717) is 36.6 Å². The van der Waals surface area contributed by atoms with Gasteiger partial charge in [-0.25, -0.2) is 4.39 Å². The van der Waals surface area contributed by atoms with Crippen molar-refractivity contribution >= 4 is 17.2 Å². The summed E-state index contributed by atoms with van der Waals surface area (Å²) in [5.41, 5.74) is 1.64. The molecule has 0 bridgehead atoms. The highest BCUT2D eigenvalue weighted by atomic mass is 19.4. The number of carbonyl (C=O) groups is 1. The van der Waals surface area contributed by atoms with Crippen LogP contribution < -0.4 is 10.1 Å². The molecular weight excluding hydrogens is 402 g/mol. The lowest BCUT2D eigenvalue weighted by Crippen LogP contribution is -2.21. The van der Waals surface area contributed by atoms with Crippen molar-refractivity contribution in [1.29, 1.82) is 0 Å². The maximum absolute atomic E-state index is 14.0. The van der Waals surface area contributed by atoms with E-state index in [1.807, 2.05) is 12.1 Å². The van der Waals surface area contributed by atoms with E-state index in [2.05, 4.69) is 5.32 Å². The van der Waals surface area contributed by atoms with Gasteiger partial charge in [-0.3, -0.25) is 4.79 Å². The van der Waals surface area contributed by atoms with E-state index in [0.717, 1.165) is 17.2 Å². The Morgan fingerprint density at radius 2 is 2.03 bits per heavy atom. The van der Waals surface area contributed by atoms with Crippen LogP contribution in [0.5, 0.6) is 5.75 Å². The standard InChI is InChI=1S/C22H19F4NO3/c23-18-10-16-13(6-7-30-20(16)11-17(18)22(24,25)26)8-21(29)27-19-3-1-2-12-4-5-14(28)9-15(12)19/h1-3,8,10-11,14,28H,4-7,9H2,(H,27,29)/b13-8+. The average Bonchev–Trinajstić information content (AvgIpc) is 2.67. The molecule has 4 nitrogen and oxygen atoms in total. The SMILES string of the molecule is O=C(/C=C1\CCOc2cc(C(F)(F)F)c(F)cc21)Nc1cccc2c1CC(O)CC2. The molecular formula is C22H19F4NO3. The first-order chi connectivity index (χ1) is 14.2. The van der Waals surface area contributed by atoms with Gasteiger partial charge in [0, 0.05) is 30.2 Å². The molecule has 1 unspecified atom stereocenters. The number of aliphatic hydroxyl groups excluding tert-OH is 1. The second-order valence-corrected chi connectivity index (χ2v) is 7.42. The van der Waals surface area contributed by atoms with Crippen LogP contribution in [-0.2, 0) is 23.8 Å². The summed E-state index contributed by atoms with van der Waals surface area (Å²) in [6.45, 7) is 0.0853. The van der Waals surface area contributed by atoms with E-state index in [4.69, 9.17) is 4.74 Å². The number of carbonyl (C=O) groups excluding carboxylic acids is 1. The molecule has 4 rings (SSSR count). The topological polar surface area (TPSA) is 58.6 Å². The fraction of sp³-hybridized carbons (Fsp3) is 0.318. The number of benzene rings is 2. The average molecular weight is 421 g/mol. The van der Waals surface area contributed by atoms with Crippen LogP contribution >= 0.6 is 0 Å². The fourth-order valence-corrected chi connectivity index (χ4v) is 3.91. The summed E-state index contributed by atoms with van der Waals surface area (Å²) in [6, 6.07) is 6.89. The molecule has 2 aromatic rings. The number of anilines is 1. The van der Waals surface area contributed by atoms with Crippen LogP contribution in [0.1, 0.15) is 35.1 Å². The zero-order valence-corrected chi connectivity index (χ0v) is 15.9. The lowest BCUT2D eigenvalue weighted by molar-refractivity contribution is -0.140. The van der Waals surface area contributed by atoms with Gasteiger partial charge in [0.2, 0.25) is 5.91 Å². The predicted octanol–water partition coefficient (Wildman–Crippen LogP) is 4.50. The number of alkyl halides is 3. The van der Waals surface area contributed by atoms with Gasteiger partial charge in [0.1, 0.15) is 11.6 Å². The number of hydrogen-bond acceptors (Lipinski definition) is 3. The number of nitrogens with one attached hydrogen (secondary N) is 1. The van der Waals surface area contributed by atoms with Crippen molar-refractivity contribution in [2.45, 2.75) is 38.0 Å². The first-order valence-corrected chi connectivity index (χ1v) is 9.56. The van der Waals surface area contributed by atoms with Gasteiger partial charge in [-0.15, -0.1) is 0 Å². The summed E-state index contributed by atoms with van der Waals surface area (Å²) < 4.78 is 58.1. The third kappa shape index (κ3) is 4.05. The van der Waals surface area contributed by atoms with Crippen LogP contribution in [0.4, 0.5) is 23.2 Å². The lowest BCUT2D eigenvalue weighted by atomic mass is 9.88. The maximum Gasteiger partial charge on any atom is 0.419 e. The van der Waals surface area contributed by atoms with Crippen LogP contribution in [0.15, 0.2) is 36.4 Å². The number of halogens is 4. The summed E-state index contributed by atoms with van der Waals surface area (Å²) in [5, 5.41) is 12.7. The number of fused-ring (bicyclic) bond motifs is 2. The second kappa shape index (κ2) is 7.75. The highest BCUT2D eigenvalue weighted by Gasteiger charge is 2.36. The third-order valence-electron chi connectivity index (χ3n) is 5.37. The van der Waals surface area contributed by atoms with E-state index >= 15 is 0 Å². The van der Waals surface area contributed by atoms with Gasteiger partial charge >= 0.3 is 6.18 Å². The summed E-state index contributed by atoms with van der Waals surface area (Å²) in [6.07, 6.45) is -1.97. The molecule has 0 saturated carbocycles. The number of hydrogen-bond donors (Lipinski definition) is 2. The second-order valence-electron chi connectivity index (χ2n) is 7.42. The van der Waals surface area contributed by atoms with Crippen molar-refractivity contribution in [3.05, 3.63) is 64.5 Å². The van der Waals surface area contributed by atoms with Crippen molar-refractivity contribution in [1.82, 2.24) is 0 Å². The van der Waals surface area contributed by atoms with Gasteiger partial charge in [-0.1, -0.05) is 12.1 Å². The lowest BCUT2D eigenvalue weighted by Gasteiger charge is -2.24. The Balaban J connectivity index is 1.62. The molecule has 8 heteroatoms. The number of aryl methyl sites for hydroxylation is 1. The molecule has 2 aromatic carbocycles. The van der Waals surface area contributed by atoms with Crippen LogP contribution in [0.2, 0.25) is 0 Å². The van der Waals surface area contributed by atoms with Crippen molar-refractivity contribution in [2.75, 3.05) is 11.9 Å². The van der Waals surface area contributed by atoms with Crippen LogP contribution in [0.3, 0.4) is 0 Å². The van der Waals surface area contributed by atoms with E-state index in [1.54, 1.807) is 6.07 Å². The minimum absolute atomic E-state index is 0.0853. The maximum atomic E-state index is 14.0. The first-order valence-electron chi connectivity index (χ1n) is 9.56. The largest absolute Gasteiger partial charge is 0.493 e. The molecule has 0 radical (unpaired) electrons. The van der Waals surface area contributed by atoms with E-state index in [9.17, 15) is 27.5 Å². The van der Waals surface area contributed by atoms with Gasteiger partial charge in [0.05, 0.1) is 18.3 Å². The molecule has 0 fully saturated rings. The van der Waals surface area contributed by atoms with E-state index in [1.165, 1.54) is 6.08 Å². The molecule has 1 heterocycles. The highest BCUT2D eigenvalue weighted by Crippen LogP contribution is 2.40. The minimum atomic E-state index is -4.84. The smallest absolute Gasteiger partial charge is 0.419 e. The zero-order valence-electron chi connectivity index (χ0n) is 15.9. The number of ether oxygens (including phenoxy) is 1. The Morgan fingerprint density at radius 3 is 2.80 bits per heavy atom. The van der Waals surface area contributed by atoms with Gasteiger partial charge in [0.25, 0.3) is 0 Å². The Labute approximate surface area is 170 Å². The van der Waals surface area contributed by atoms with Crippen molar-refractivity contribution in [3.8, 4) is 5.75 Å². The highest BCUT2D eigenvalue weighted by molar-refractivity contribution is 6.05. The molecule has 30 heavy (non-hydrogen) atoms. The van der Waals surface area contributed by atoms with Crippen molar-refractivity contribution < 1.29 is 32.2 Å². The molecule has 0 aromatic heterocycles. The monoisotopic (exact) mass is 421 g/mol. The van der Waals surface area contributed by atoms with Crippen LogP contribution in [0, 0.1) is 5.82 Å². The normalized spacial score (nSPS) is 19.6. The van der Waals surface area contributed by atoms with Gasteiger partial charge in [-0.2, -0.15) is 13.2 Å². The Hall–Kier alpha value is -2.87. The van der Waals surface area contributed by atoms with Gasteiger partial charge < -0.3 is 15.2 Å². The molecule has 0 saturated heterocycles.